The Balaban J connectivity index is 2.05. The van der Waals surface area contributed by atoms with Gasteiger partial charge in [-0.2, -0.15) is 0 Å². The van der Waals surface area contributed by atoms with Crippen LogP contribution in [0.3, 0.4) is 0 Å². The van der Waals surface area contributed by atoms with Gasteiger partial charge in [0, 0.05) is 23.9 Å². The number of hydrogen-bond acceptors (Lipinski definition) is 2. The summed E-state index contributed by atoms with van der Waals surface area (Å²) in [6.07, 6.45) is 0.879. The smallest absolute Gasteiger partial charge is 0.184 e. The lowest BCUT2D eigenvalue weighted by Crippen LogP contribution is -2.66. The van der Waals surface area contributed by atoms with Gasteiger partial charge in [-0.15, -0.1) is 11.6 Å². The number of rotatable bonds is 2. The normalized spacial score (nSPS) is 27.9. The second-order valence-electron chi connectivity index (χ2n) is 5.95. The zero-order chi connectivity index (χ0) is 14.5. The number of thiocarbonyl (C=S) groups is 1. The molecule has 2 heterocycles. The highest BCUT2D eigenvalue weighted by Crippen LogP contribution is 2.45. The van der Waals surface area contributed by atoms with Crippen LogP contribution in [0.1, 0.15) is 44.4 Å². The molecule has 1 saturated heterocycles. The molecule has 1 N–H and O–H groups in total. The Bertz CT molecular complexity index is 563. The number of nitrogens with one attached hydrogen (secondary N) is 1. The van der Waals surface area contributed by atoms with E-state index in [4.69, 9.17) is 28.6 Å². The van der Waals surface area contributed by atoms with E-state index in [-0.39, 0.29) is 11.8 Å². The number of nitrogens with zero attached hydrogens (tertiary/aromatic N) is 1. The minimum atomic E-state index is -0.378. The lowest BCUT2D eigenvalue weighted by Gasteiger charge is -2.53. The van der Waals surface area contributed by atoms with Crippen LogP contribution in [0, 0.1) is 0 Å². The van der Waals surface area contributed by atoms with E-state index in [9.17, 15) is 0 Å². The van der Waals surface area contributed by atoms with Gasteiger partial charge in [0.05, 0.1) is 6.04 Å². The molecular formula is C15H19ClN2OS. The summed E-state index contributed by atoms with van der Waals surface area (Å²) in [6, 6.07) is 6.66. The molecule has 0 saturated carbocycles. The van der Waals surface area contributed by atoms with Gasteiger partial charge in [-0.05, 0) is 50.7 Å². The second-order valence-corrected chi connectivity index (χ2v) is 6.61. The Hall–Kier alpha value is -1.00. The van der Waals surface area contributed by atoms with Gasteiger partial charge < -0.3 is 15.0 Å². The minimum absolute atomic E-state index is 0.203. The van der Waals surface area contributed by atoms with E-state index in [0.29, 0.717) is 11.9 Å². The van der Waals surface area contributed by atoms with E-state index in [1.807, 2.05) is 12.1 Å². The van der Waals surface area contributed by atoms with Crippen molar-refractivity contribution in [3.63, 3.8) is 0 Å². The van der Waals surface area contributed by atoms with Crippen molar-refractivity contribution >= 4 is 28.9 Å². The SMILES string of the molecule is CC(C)N1C(=S)NC2CC1(C)Oc1ccc(CCl)cc12. The summed E-state index contributed by atoms with van der Waals surface area (Å²) in [6.45, 7) is 6.38. The van der Waals surface area contributed by atoms with E-state index in [1.54, 1.807) is 0 Å². The van der Waals surface area contributed by atoms with Crippen LogP contribution in [-0.4, -0.2) is 21.8 Å². The van der Waals surface area contributed by atoms with Gasteiger partial charge >= 0.3 is 0 Å². The molecule has 0 amide bonds. The zero-order valence-corrected chi connectivity index (χ0v) is 13.5. The van der Waals surface area contributed by atoms with Gasteiger partial charge in [-0.3, -0.25) is 0 Å². The Labute approximate surface area is 130 Å². The van der Waals surface area contributed by atoms with Crippen LogP contribution in [0.4, 0.5) is 0 Å². The summed E-state index contributed by atoms with van der Waals surface area (Å²) in [4.78, 5) is 2.15. The summed E-state index contributed by atoms with van der Waals surface area (Å²) < 4.78 is 6.29. The van der Waals surface area contributed by atoms with Gasteiger partial charge in [0.15, 0.2) is 10.8 Å². The quantitative estimate of drug-likeness (QED) is 0.667. The molecule has 2 bridgehead atoms. The first-order valence-corrected chi connectivity index (χ1v) is 7.86. The highest BCUT2D eigenvalue weighted by Gasteiger charge is 2.48. The van der Waals surface area contributed by atoms with Crippen LogP contribution in [-0.2, 0) is 5.88 Å². The molecule has 2 aliphatic rings. The largest absolute Gasteiger partial charge is 0.468 e. The Morgan fingerprint density at radius 1 is 1.55 bits per heavy atom. The maximum Gasteiger partial charge on any atom is 0.184 e. The van der Waals surface area contributed by atoms with E-state index in [1.165, 1.54) is 0 Å². The van der Waals surface area contributed by atoms with Crippen molar-refractivity contribution in [2.45, 2.75) is 50.9 Å². The molecule has 1 aromatic carbocycles. The number of fused-ring (bicyclic) bond motifs is 4. The number of alkyl halides is 1. The Morgan fingerprint density at radius 2 is 2.30 bits per heavy atom. The second kappa shape index (κ2) is 4.78. The van der Waals surface area contributed by atoms with Crippen LogP contribution < -0.4 is 10.1 Å². The van der Waals surface area contributed by atoms with Crippen LogP contribution in [0.5, 0.6) is 5.75 Å². The Kier molecular flexibility index (Phi) is 3.33. The van der Waals surface area contributed by atoms with Gasteiger partial charge in [0.2, 0.25) is 0 Å². The molecule has 3 nitrogen and oxygen atoms in total. The molecule has 0 spiro atoms. The number of halogens is 1. The van der Waals surface area contributed by atoms with Crippen LogP contribution >= 0.6 is 23.8 Å². The average Bonchev–Trinajstić information content (AvgIpc) is 2.36. The van der Waals surface area contributed by atoms with E-state index in [2.05, 4.69) is 37.1 Å². The highest BCUT2D eigenvalue weighted by molar-refractivity contribution is 7.80. The topological polar surface area (TPSA) is 24.5 Å². The van der Waals surface area contributed by atoms with Crippen molar-refractivity contribution in [2.75, 3.05) is 0 Å². The maximum absolute atomic E-state index is 6.29. The molecule has 2 atom stereocenters. The first kappa shape index (κ1) is 14.0. The van der Waals surface area contributed by atoms with Crippen molar-refractivity contribution in [3.8, 4) is 5.75 Å². The lowest BCUT2D eigenvalue weighted by atomic mass is 9.89. The van der Waals surface area contributed by atoms with Gasteiger partial charge in [0.1, 0.15) is 5.75 Å². The summed E-state index contributed by atoms with van der Waals surface area (Å²) in [5, 5.41) is 4.21. The third-order valence-electron chi connectivity index (χ3n) is 4.06. The molecule has 1 aromatic rings. The van der Waals surface area contributed by atoms with Crippen LogP contribution in [0.15, 0.2) is 18.2 Å². The molecule has 3 rings (SSSR count). The predicted molar refractivity (Wildman–Crippen MR) is 85.1 cm³/mol. The summed E-state index contributed by atoms with van der Waals surface area (Å²) in [5.74, 6) is 1.44. The van der Waals surface area contributed by atoms with Crippen LogP contribution in [0.25, 0.3) is 0 Å². The predicted octanol–water partition coefficient (Wildman–Crippen LogP) is 3.56. The number of benzene rings is 1. The average molecular weight is 311 g/mol. The zero-order valence-electron chi connectivity index (χ0n) is 11.9. The Morgan fingerprint density at radius 3 is 2.95 bits per heavy atom. The van der Waals surface area contributed by atoms with Crippen molar-refractivity contribution in [3.05, 3.63) is 29.3 Å². The van der Waals surface area contributed by atoms with Crippen molar-refractivity contribution in [1.82, 2.24) is 10.2 Å². The summed E-state index contributed by atoms with van der Waals surface area (Å²) >= 11 is 11.5. The lowest BCUT2D eigenvalue weighted by molar-refractivity contribution is -0.0808. The van der Waals surface area contributed by atoms with E-state index >= 15 is 0 Å². The highest BCUT2D eigenvalue weighted by atomic mass is 35.5. The van der Waals surface area contributed by atoms with E-state index < -0.39 is 0 Å². The first-order chi connectivity index (χ1) is 9.44. The first-order valence-electron chi connectivity index (χ1n) is 6.92. The van der Waals surface area contributed by atoms with Crippen LogP contribution in [0.2, 0.25) is 0 Å². The molecular weight excluding hydrogens is 292 g/mol. The summed E-state index contributed by atoms with van der Waals surface area (Å²) in [5.41, 5.74) is 1.89. The van der Waals surface area contributed by atoms with Gasteiger partial charge in [-0.1, -0.05) is 6.07 Å². The molecule has 20 heavy (non-hydrogen) atoms. The fraction of sp³-hybridized carbons (Fsp3) is 0.533. The maximum atomic E-state index is 6.29. The van der Waals surface area contributed by atoms with E-state index in [0.717, 1.165) is 28.4 Å². The monoisotopic (exact) mass is 310 g/mol. The van der Waals surface area contributed by atoms with Gasteiger partial charge in [0.25, 0.3) is 0 Å². The third-order valence-corrected chi connectivity index (χ3v) is 4.68. The minimum Gasteiger partial charge on any atom is -0.468 e. The molecule has 0 aromatic heterocycles. The molecule has 1 fully saturated rings. The molecule has 0 radical (unpaired) electrons. The van der Waals surface area contributed by atoms with Crippen molar-refractivity contribution in [1.29, 1.82) is 0 Å². The molecule has 2 unspecified atom stereocenters. The fourth-order valence-electron chi connectivity index (χ4n) is 3.30. The molecule has 5 heteroatoms. The fourth-order valence-corrected chi connectivity index (χ4v) is 4.02. The number of ether oxygens (including phenoxy) is 1. The molecule has 108 valence electrons. The van der Waals surface area contributed by atoms with Crippen molar-refractivity contribution in [2.24, 2.45) is 0 Å². The third kappa shape index (κ3) is 2.06. The van der Waals surface area contributed by atoms with Crippen molar-refractivity contribution < 1.29 is 4.74 Å². The molecule has 0 aliphatic carbocycles. The van der Waals surface area contributed by atoms with Gasteiger partial charge in [-0.25, -0.2) is 0 Å². The number of hydrogen-bond donors (Lipinski definition) is 1. The molecule has 2 aliphatic heterocycles. The summed E-state index contributed by atoms with van der Waals surface area (Å²) in [7, 11) is 0. The standard InChI is InChI=1S/C15H19ClN2OS/c1-9(2)18-14(20)17-12-7-15(18,3)19-13-5-4-10(8-16)6-11(12)13/h4-6,9,12H,7-8H2,1-3H3,(H,17,20).